The number of aromatic nitrogens is 3. The molecule has 7 N–H and O–H groups in total. The molecule has 0 saturated carbocycles. The molecule has 0 unspecified atom stereocenters. The molecule has 1 amide bonds. The zero-order valence-electron chi connectivity index (χ0n) is 9.18. The minimum Gasteiger partial charge on any atom is -0.396 e. The Morgan fingerprint density at radius 3 is 2.47 bits per heavy atom. The first kappa shape index (κ1) is 12.9. The molecule has 0 radical (unpaired) electrons. The Labute approximate surface area is 97.7 Å². The van der Waals surface area contributed by atoms with E-state index >= 15 is 0 Å². The van der Waals surface area contributed by atoms with Crippen molar-refractivity contribution in [1.29, 1.82) is 0 Å². The van der Waals surface area contributed by atoms with Crippen LogP contribution in [0.5, 0.6) is 0 Å². The maximum Gasteiger partial charge on any atom is 0.239 e. The fraction of sp³-hybridized carbons (Fsp3) is 0.500. The Hall–Kier alpha value is -2.16. The summed E-state index contributed by atoms with van der Waals surface area (Å²) in [6.45, 7) is 0.445. The van der Waals surface area contributed by atoms with Gasteiger partial charge in [-0.05, 0) is 6.42 Å². The molecule has 0 aliphatic rings. The van der Waals surface area contributed by atoms with Crippen molar-refractivity contribution in [2.24, 2.45) is 0 Å². The Balaban J connectivity index is 2.36. The third-order valence-corrected chi connectivity index (χ3v) is 1.73. The number of hydrogen-bond acceptors (Lipinski definition) is 8. The molecule has 1 aromatic heterocycles. The van der Waals surface area contributed by atoms with Gasteiger partial charge in [0.15, 0.2) is 0 Å². The highest BCUT2D eigenvalue weighted by Gasteiger charge is 2.04. The number of nitrogens with two attached hydrogens (primary N) is 2. The Bertz CT molecular complexity index is 364. The molecule has 17 heavy (non-hydrogen) atoms. The quantitative estimate of drug-likeness (QED) is 0.357. The van der Waals surface area contributed by atoms with Crippen molar-refractivity contribution in [2.75, 3.05) is 36.5 Å². The molecule has 0 aliphatic carbocycles. The van der Waals surface area contributed by atoms with E-state index < -0.39 is 0 Å². The molecule has 9 nitrogen and oxygen atoms in total. The van der Waals surface area contributed by atoms with E-state index in [1.165, 1.54) is 0 Å². The molecule has 0 aliphatic heterocycles. The first-order chi connectivity index (χ1) is 8.11. The van der Waals surface area contributed by atoms with E-state index in [1.54, 1.807) is 0 Å². The van der Waals surface area contributed by atoms with Gasteiger partial charge in [0.2, 0.25) is 23.8 Å². The number of rotatable bonds is 6. The summed E-state index contributed by atoms with van der Waals surface area (Å²) in [7, 11) is 0. The minimum atomic E-state index is -0.240. The van der Waals surface area contributed by atoms with Crippen LogP contribution in [0.1, 0.15) is 6.42 Å². The molecule has 0 spiro atoms. The average molecular weight is 241 g/mol. The van der Waals surface area contributed by atoms with Gasteiger partial charge in [-0.15, -0.1) is 0 Å². The lowest BCUT2D eigenvalue weighted by Gasteiger charge is -2.06. The predicted octanol–water partition coefficient (Wildman–Crippen LogP) is -2.05. The van der Waals surface area contributed by atoms with Gasteiger partial charge in [-0.25, -0.2) is 0 Å². The zero-order chi connectivity index (χ0) is 12.7. The largest absolute Gasteiger partial charge is 0.396 e. The second kappa shape index (κ2) is 6.43. The number of anilines is 3. The van der Waals surface area contributed by atoms with Crippen molar-refractivity contribution >= 4 is 23.8 Å². The molecule has 0 atom stereocenters. The van der Waals surface area contributed by atoms with Crippen LogP contribution in [-0.2, 0) is 4.79 Å². The minimum absolute atomic E-state index is 0.00563. The normalized spacial score (nSPS) is 9.94. The maximum absolute atomic E-state index is 11.3. The number of aliphatic hydroxyl groups excluding tert-OH is 1. The first-order valence-corrected chi connectivity index (χ1v) is 5.00. The SMILES string of the molecule is Nc1nc(N)nc(NCC(=O)NCCCO)n1. The molecule has 1 heterocycles. The summed E-state index contributed by atoms with van der Waals surface area (Å²) in [5.74, 6) is -0.121. The molecule has 0 aromatic carbocycles. The van der Waals surface area contributed by atoms with Gasteiger partial charge < -0.3 is 27.2 Å². The van der Waals surface area contributed by atoms with E-state index in [1.807, 2.05) is 0 Å². The van der Waals surface area contributed by atoms with Crippen molar-refractivity contribution < 1.29 is 9.90 Å². The van der Waals surface area contributed by atoms with Crippen LogP contribution < -0.4 is 22.1 Å². The summed E-state index contributed by atoms with van der Waals surface area (Å²) in [4.78, 5) is 22.4. The van der Waals surface area contributed by atoms with Crippen LogP contribution in [0.4, 0.5) is 17.8 Å². The monoisotopic (exact) mass is 241 g/mol. The lowest BCUT2D eigenvalue weighted by atomic mass is 10.4. The standard InChI is InChI=1S/C8H15N7O2/c9-6-13-7(10)15-8(14-6)12-4-5(17)11-2-1-3-16/h16H,1-4H2,(H,11,17)(H5,9,10,12,13,14,15). The van der Waals surface area contributed by atoms with Crippen molar-refractivity contribution in [3.05, 3.63) is 0 Å². The molecule has 1 rings (SSSR count). The zero-order valence-corrected chi connectivity index (χ0v) is 9.18. The van der Waals surface area contributed by atoms with Gasteiger partial charge in [0.05, 0.1) is 6.54 Å². The molecule has 0 saturated heterocycles. The van der Waals surface area contributed by atoms with Crippen molar-refractivity contribution in [3.8, 4) is 0 Å². The Morgan fingerprint density at radius 2 is 1.88 bits per heavy atom. The van der Waals surface area contributed by atoms with Crippen LogP contribution in [0.15, 0.2) is 0 Å². The van der Waals surface area contributed by atoms with E-state index in [2.05, 4.69) is 25.6 Å². The molecule has 94 valence electrons. The molecular formula is C8H15N7O2. The van der Waals surface area contributed by atoms with Crippen LogP contribution in [0.2, 0.25) is 0 Å². The number of aliphatic hydroxyl groups is 1. The molecule has 0 fully saturated rings. The second-order valence-electron chi connectivity index (χ2n) is 3.16. The summed E-state index contributed by atoms with van der Waals surface area (Å²) in [6.07, 6.45) is 0.511. The van der Waals surface area contributed by atoms with E-state index in [0.717, 1.165) is 0 Å². The number of carbonyl (C=O) groups excluding carboxylic acids is 1. The highest BCUT2D eigenvalue weighted by molar-refractivity contribution is 5.80. The third-order valence-electron chi connectivity index (χ3n) is 1.73. The van der Waals surface area contributed by atoms with Gasteiger partial charge in [-0.3, -0.25) is 4.79 Å². The maximum atomic E-state index is 11.3. The second-order valence-corrected chi connectivity index (χ2v) is 3.16. The summed E-state index contributed by atoms with van der Waals surface area (Å²) in [5.41, 5.74) is 10.7. The highest BCUT2D eigenvalue weighted by Crippen LogP contribution is 2.02. The number of nitrogens with zero attached hydrogens (tertiary/aromatic N) is 3. The summed E-state index contributed by atoms with van der Waals surface area (Å²) in [6, 6.07) is 0. The van der Waals surface area contributed by atoms with Gasteiger partial charge in [0, 0.05) is 13.2 Å². The van der Waals surface area contributed by atoms with E-state index in [9.17, 15) is 4.79 Å². The van der Waals surface area contributed by atoms with Gasteiger partial charge >= 0.3 is 0 Å². The van der Waals surface area contributed by atoms with Crippen LogP contribution in [0.25, 0.3) is 0 Å². The van der Waals surface area contributed by atoms with Gasteiger partial charge in [-0.1, -0.05) is 0 Å². The van der Waals surface area contributed by atoms with Crippen LogP contribution in [-0.4, -0.2) is 45.7 Å². The Kier molecular flexibility index (Phi) is 4.88. The molecule has 0 bridgehead atoms. The summed E-state index contributed by atoms with van der Waals surface area (Å²) >= 11 is 0. The number of hydrogen-bond donors (Lipinski definition) is 5. The van der Waals surface area contributed by atoms with Gasteiger partial charge in [0.1, 0.15) is 0 Å². The van der Waals surface area contributed by atoms with Crippen LogP contribution in [0.3, 0.4) is 0 Å². The molecule has 1 aromatic rings. The summed E-state index contributed by atoms with van der Waals surface area (Å²) < 4.78 is 0. The number of carbonyl (C=O) groups is 1. The van der Waals surface area contributed by atoms with Gasteiger partial charge in [-0.2, -0.15) is 15.0 Å². The van der Waals surface area contributed by atoms with Crippen molar-refractivity contribution in [1.82, 2.24) is 20.3 Å². The fourth-order valence-corrected chi connectivity index (χ4v) is 1.02. The van der Waals surface area contributed by atoms with E-state index in [4.69, 9.17) is 16.6 Å². The third kappa shape index (κ3) is 4.93. The fourth-order valence-electron chi connectivity index (χ4n) is 1.02. The van der Waals surface area contributed by atoms with Crippen molar-refractivity contribution in [2.45, 2.75) is 6.42 Å². The van der Waals surface area contributed by atoms with Crippen LogP contribution >= 0.6 is 0 Å². The first-order valence-electron chi connectivity index (χ1n) is 5.00. The average Bonchev–Trinajstić information content (AvgIpc) is 2.25. The topological polar surface area (TPSA) is 152 Å². The van der Waals surface area contributed by atoms with Crippen LogP contribution in [0, 0.1) is 0 Å². The lowest BCUT2D eigenvalue weighted by Crippen LogP contribution is -2.31. The predicted molar refractivity (Wildman–Crippen MR) is 61.9 cm³/mol. The van der Waals surface area contributed by atoms with E-state index in [0.29, 0.717) is 13.0 Å². The van der Waals surface area contributed by atoms with E-state index in [-0.39, 0.29) is 36.9 Å². The van der Waals surface area contributed by atoms with Gasteiger partial charge in [0.25, 0.3) is 0 Å². The number of amides is 1. The summed E-state index contributed by atoms with van der Waals surface area (Å²) in [5, 5.41) is 13.8. The smallest absolute Gasteiger partial charge is 0.239 e. The Morgan fingerprint density at radius 1 is 1.24 bits per heavy atom. The number of nitrogen functional groups attached to an aromatic ring is 2. The molecular weight excluding hydrogens is 226 g/mol. The molecule has 9 heteroatoms. The highest BCUT2D eigenvalue weighted by atomic mass is 16.3. The lowest BCUT2D eigenvalue weighted by molar-refractivity contribution is -0.119. The number of nitrogens with one attached hydrogen (secondary N) is 2. The van der Waals surface area contributed by atoms with Crippen molar-refractivity contribution in [3.63, 3.8) is 0 Å².